The van der Waals surface area contributed by atoms with E-state index in [0.29, 0.717) is 36.7 Å². The first kappa shape index (κ1) is 28.0. The number of aromatic nitrogens is 4. The Morgan fingerprint density at radius 2 is 1.69 bits per heavy atom. The zero-order chi connectivity index (χ0) is 26.4. The van der Waals surface area contributed by atoms with Crippen LogP contribution in [-0.4, -0.2) is 61.6 Å². The first-order chi connectivity index (χ1) is 16.0. The fourth-order valence-corrected chi connectivity index (χ4v) is 5.93. The van der Waals surface area contributed by atoms with Crippen LogP contribution >= 0.6 is 0 Å². The fraction of sp³-hybridized carbons (Fsp3) is 0.792. The number of anilines is 1. The predicted octanol–water partition coefficient (Wildman–Crippen LogP) is 5.51. The van der Waals surface area contributed by atoms with Crippen molar-refractivity contribution in [2.75, 3.05) is 18.9 Å². The Bertz CT molecular complexity index is 1030. The third-order valence-corrected chi connectivity index (χ3v) is 16.9. The number of nitrogens with zero attached hydrogens (tertiary/aromatic N) is 4. The summed E-state index contributed by atoms with van der Waals surface area (Å²) in [5.74, 6) is 0.534. The minimum absolute atomic E-state index is 0.0890. The summed E-state index contributed by atoms with van der Waals surface area (Å²) in [5, 5.41) is 0.206. The van der Waals surface area contributed by atoms with Gasteiger partial charge in [0, 0.05) is 6.42 Å². The zero-order valence-corrected chi connectivity index (χ0v) is 25.4. The number of imidazole rings is 1. The summed E-state index contributed by atoms with van der Waals surface area (Å²) in [4.78, 5) is 13.2. The van der Waals surface area contributed by atoms with Crippen LogP contribution in [0.15, 0.2) is 6.33 Å². The lowest BCUT2D eigenvalue weighted by atomic mass is 10.2. The Morgan fingerprint density at radius 3 is 2.26 bits per heavy atom. The molecule has 2 aromatic rings. The molecule has 0 aliphatic carbocycles. The van der Waals surface area contributed by atoms with Gasteiger partial charge in [-0.2, -0.15) is 9.97 Å². The minimum Gasteiger partial charge on any atom is -0.476 e. The Hall–Kier alpha value is -1.54. The number of fused-ring (bicyclic) bond motifs is 1. The molecule has 35 heavy (non-hydrogen) atoms. The first-order valence-electron chi connectivity index (χ1n) is 12.6. The summed E-state index contributed by atoms with van der Waals surface area (Å²) in [6, 6.07) is 0. The number of rotatable bonds is 8. The van der Waals surface area contributed by atoms with E-state index >= 15 is 0 Å². The molecule has 1 aliphatic rings. The van der Waals surface area contributed by atoms with Gasteiger partial charge in [-0.05, 0) is 43.2 Å². The van der Waals surface area contributed by atoms with Gasteiger partial charge in [0.15, 0.2) is 27.8 Å². The molecule has 1 saturated heterocycles. The molecule has 2 aromatic heterocycles. The molecule has 9 nitrogen and oxygen atoms in total. The number of hydrogen-bond acceptors (Lipinski definition) is 8. The SMILES string of the molecule is CCOc1nc(N)nc2c1ncn2[C@H]1C[C@H](O[Si](C)(C)C(C)(C)C)[C@@H](CO[Si](C)(C)C(C)(C)C)O1. The van der Waals surface area contributed by atoms with Gasteiger partial charge in [0.25, 0.3) is 0 Å². The zero-order valence-electron chi connectivity index (χ0n) is 23.4. The molecule has 0 bridgehead atoms. The van der Waals surface area contributed by atoms with Gasteiger partial charge in [-0.3, -0.25) is 4.57 Å². The molecule has 1 aliphatic heterocycles. The lowest BCUT2D eigenvalue weighted by Gasteiger charge is -2.40. The van der Waals surface area contributed by atoms with Crippen LogP contribution in [0.3, 0.4) is 0 Å². The molecule has 1 fully saturated rings. The van der Waals surface area contributed by atoms with Gasteiger partial charge in [-0.1, -0.05) is 41.5 Å². The molecule has 0 aromatic carbocycles. The maximum Gasteiger partial charge on any atom is 0.247 e. The fourth-order valence-electron chi connectivity index (χ4n) is 3.56. The molecule has 3 rings (SSSR count). The van der Waals surface area contributed by atoms with Crippen molar-refractivity contribution in [1.82, 2.24) is 19.5 Å². The molecule has 2 N–H and O–H groups in total. The predicted molar refractivity (Wildman–Crippen MR) is 145 cm³/mol. The van der Waals surface area contributed by atoms with Crippen molar-refractivity contribution >= 4 is 33.7 Å². The maximum atomic E-state index is 6.89. The molecule has 0 amide bonds. The van der Waals surface area contributed by atoms with E-state index in [1.807, 2.05) is 11.5 Å². The highest BCUT2D eigenvalue weighted by Gasteiger charge is 2.47. The number of nitrogens with two attached hydrogens (primary N) is 1. The van der Waals surface area contributed by atoms with Crippen LogP contribution in [0, 0.1) is 0 Å². The Balaban J connectivity index is 1.92. The van der Waals surface area contributed by atoms with Crippen molar-refractivity contribution in [2.24, 2.45) is 0 Å². The second kappa shape index (κ2) is 9.73. The third-order valence-electron chi connectivity index (χ3n) is 7.85. The van der Waals surface area contributed by atoms with E-state index in [1.54, 1.807) is 6.33 Å². The second-order valence-electron chi connectivity index (χ2n) is 12.5. The quantitative estimate of drug-likeness (QED) is 0.452. The van der Waals surface area contributed by atoms with E-state index in [-0.39, 0.29) is 34.5 Å². The van der Waals surface area contributed by atoms with Crippen LogP contribution in [0.1, 0.15) is 61.1 Å². The molecule has 0 spiro atoms. The number of hydrogen-bond donors (Lipinski definition) is 1. The van der Waals surface area contributed by atoms with Gasteiger partial charge in [0.1, 0.15) is 12.3 Å². The Kier molecular flexibility index (Phi) is 7.80. The minimum atomic E-state index is -2.03. The molecule has 3 atom stereocenters. The average molecular weight is 524 g/mol. The van der Waals surface area contributed by atoms with E-state index in [9.17, 15) is 0 Å². The second-order valence-corrected chi connectivity index (χ2v) is 22.1. The van der Waals surface area contributed by atoms with E-state index in [4.69, 9.17) is 24.1 Å². The summed E-state index contributed by atoms with van der Waals surface area (Å²) >= 11 is 0. The lowest BCUT2D eigenvalue weighted by molar-refractivity contribution is -0.0383. The highest BCUT2D eigenvalue weighted by atomic mass is 28.4. The van der Waals surface area contributed by atoms with Crippen molar-refractivity contribution in [3.05, 3.63) is 6.33 Å². The summed E-state index contributed by atoms with van der Waals surface area (Å²) in [5.41, 5.74) is 7.16. The van der Waals surface area contributed by atoms with Crippen molar-refractivity contribution < 1.29 is 18.3 Å². The van der Waals surface area contributed by atoms with Crippen molar-refractivity contribution in [3.8, 4) is 5.88 Å². The maximum absolute atomic E-state index is 6.89. The van der Waals surface area contributed by atoms with E-state index < -0.39 is 16.6 Å². The molecule has 0 saturated carbocycles. The standard InChI is InChI=1S/C24H45N5O4Si2/c1-12-30-21-19-20(27-22(25)28-21)29(15-26-19)18-13-16(33-35(10,11)24(5,6)7)17(32-18)14-31-34(8,9)23(2,3)4/h15-18H,12-14H2,1-11H3,(H2,25,27,28)/t16-,17+,18+/m0/s1. The van der Waals surface area contributed by atoms with Gasteiger partial charge in [0.2, 0.25) is 11.8 Å². The third kappa shape index (κ3) is 5.90. The van der Waals surface area contributed by atoms with Crippen LogP contribution in [-0.2, 0) is 13.6 Å². The van der Waals surface area contributed by atoms with Crippen molar-refractivity contribution in [3.63, 3.8) is 0 Å². The van der Waals surface area contributed by atoms with Crippen LogP contribution < -0.4 is 10.5 Å². The van der Waals surface area contributed by atoms with E-state index in [2.05, 4.69) is 82.7 Å². The lowest BCUT2D eigenvalue weighted by Crippen LogP contribution is -2.48. The number of nitrogen functional groups attached to an aromatic ring is 1. The molecular formula is C24H45N5O4Si2. The van der Waals surface area contributed by atoms with Gasteiger partial charge in [-0.15, -0.1) is 0 Å². The van der Waals surface area contributed by atoms with Gasteiger partial charge < -0.3 is 24.1 Å². The summed E-state index contributed by atoms with van der Waals surface area (Å²) in [7, 11) is -3.99. The highest BCUT2D eigenvalue weighted by Crippen LogP contribution is 2.43. The van der Waals surface area contributed by atoms with Crippen LogP contribution in [0.5, 0.6) is 5.88 Å². The first-order valence-corrected chi connectivity index (χ1v) is 18.4. The van der Waals surface area contributed by atoms with Crippen molar-refractivity contribution in [2.45, 2.75) is 110 Å². The largest absolute Gasteiger partial charge is 0.476 e. The molecule has 11 heteroatoms. The average Bonchev–Trinajstić information content (AvgIpc) is 3.28. The number of ether oxygens (including phenoxy) is 2. The van der Waals surface area contributed by atoms with Gasteiger partial charge in [-0.25, -0.2) is 4.98 Å². The van der Waals surface area contributed by atoms with Gasteiger partial charge in [0.05, 0.1) is 25.6 Å². The topological polar surface area (TPSA) is 107 Å². The molecular weight excluding hydrogens is 478 g/mol. The van der Waals surface area contributed by atoms with Crippen molar-refractivity contribution in [1.29, 1.82) is 0 Å². The van der Waals surface area contributed by atoms with Gasteiger partial charge >= 0.3 is 0 Å². The molecule has 3 heterocycles. The monoisotopic (exact) mass is 523 g/mol. The molecule has 198 valence electrons. The Labute approximate surface area is 212 Å². The van der Waals surface area contributed by atoms with E-state index in [1.165, 1.54) is 0 Å². The smallest absolute Gasteiger partial charge is 0.247 e. The van der Waals surface area contributed by atoms with E-state index in [0.717, 1.165) is 0 Å². The summed E-state index contributed by atoms with van der Waals surface area (Å²) in [6.45, 7) is 25.5. The Morgan fingerprint density at radius 1 is 1.06 bits per heavy atom. The van der Waals surface area contributed by atoms with Crippen LogP contribution in [0.4, 0.5) is 5.95 Å². The normalized spacial score (nSPS) is 22.2. The highest BCUT2D eigenvalue weighted by molar-refractivity contribution is 6.74. The summed E-state index contributed by atoms with van der Waals surface area (Å²) in [6.07, 6.45) is 1.83. The summed E-state index contributed by atoms with van der Waals surface area (Å²) < 4.78 is 27.7. The van der Waals surface area contributed by atoms with Crippen LogP contribution in [0.2, 0.25) is 36.3 Å². The van der Waals surface area contributed by atoms with Crippen LogP contribution in [0.25, 0.3) is 11.2 Å². The molecule has 0 radical (unpaired) electrons. The molecule has 0 unspecified atom stereocenters.